The lowest BCUT2D eigenvalue weighted by atomic mass is 9.78. The zero-order chi connectivity index (χ0) is 13.1. The van der Waals surface area contributed by atoms with Gasteiger partial charge >= 0.3 is 0 Å². The van der Waals surface area contributed by atoms with Crippen LogP contribution in [-0.4, -0.2) is 35.7 Å². The van der Waals surface area contributed by atoms with E-state index < -0.39 is 0 Å². The quantitative estimate of drug-likeness (QED) is 0.863. The minimum Gasteiger partial charge on any atom is -0.378 e. The standard InChI is InChI=1S/C15H26N2OS/c1-12-4-2-7-15(10-12)11-19-14(17-15)16-8-6-13-5-3-9-18-13/h12-13H,2-11H2,1H3,(H,16,17). The first-order chi connectivity index (χ1) is 9.26. The Balaban J connectivity index is 1.47. The second-order valence-corrected chi connectivity index (χ2v) is 7.47. The van der Waals surface area contributed by atoms with Gasteiger partial charge in [-0.05, 0) is 38.0 Å². The lowest BCUT2D eigenvalue weighted by molar-refractivity contribution is 0.106. The summed E-state index contributed by atoms with van der Waals surface area (Å²) >= 11 is 1.93. The molecular formula is C15H26N2OS. The second-order valence-electron chi connectivity index (χ2n) is 6.51. The molecule has 1 saturated carbocycles. The molecule has 1 spiro atoms. The smallest absolute Gasteiger partial charge is 0.157 e. The van der Waals surface area contributed by atoms with Gasteiger partial charge in [-0.25, -0.2) is 0 Å². The number of nitrogens with one attached hydrogen (secondary N) is 1. The lowest BCUT2D eigenvalue weighted by Gasteiger charge is -2.36. The van der Waals surface area contributed by atoms with Crippen LogP contribution in [0, 0.1) is 5.92 Å². The van der Waals surface area contributed by atoms with Gasteiger partial charge in [0.15, 0.2) is 5.17 Å². The number of amidine groups is 1. The highest BCUT2D eigenvalue weighted by Gasteiger charge is 2.40. The number of rotatable bonds is 3. The SMILES string of the molecule is CC1CCCC2(CSC(=NCCC3CCCO3)N2)C1. The van der Waals surface area contributed by atoms with Crippen molar-refractivity contribution < 1.29 is 4.74 Å². The maximum Gasteiger partial charge on any atom is 0.157 e. The highest BCUT2D eigenvalue weighted by Crippen LogP contribution is 2.38. The zero-order valence-electron chi connectivity index (χ0n) is 12.0. The Kier molecular flexibility index (Phi) is 4.37. The third kappa shape index (κ3) is 3.46. The molecule has 0 aromatic rings. The summed E-state index contributed by atoms with van der Waals surface area (Å²) in [6.07, 6.45) is 9.45. The molecule has 0 aromatic carbocycles. The zero-order valence-corrected chi connectivity index (χ0v) is 12.8. The highest BCUT2D eigenvalue weighted by atomic mass is 32.2. The molecule has 0 amide bonds. The van der Waals surface area contributed by atoms with E-state index in [9.17, 15) is 0 Å². The number of thioether (sulfide) groups is 1. The summed E-state index contributed by atoms with van der Waals surface area (Å²) in [5.41, 5.74) is 0.366. The summed E-state index contributed by atoms with van der Waals surface area (Å²) in [6.45, 7) is 4.26. The Hall–Kier alpha value is -0.220. The van der Waals surface area contributed by atoms with Gasteiger partial charge in [0.25, 0.3) is 0 Å². The minimum atomic E-state index is 0.366. The van der Waals surface area contributed by atoms with Gasteiger partial charge in [-0.2, -0.15) is 0 Å². The fraction of sp³-hybridized carbons (Fsp3) is 0.933. The van der Waals surface area contributed by atoms with Crippen molar-refractivity contribution in [3.05, 3.63) is 0 Å². The summed E-state index contributed by atoms with van der Waals surface area (Å²) < 4.78 is 5.65. The van der Waals surface area contributed by atoms with Crippen LogP contribution < -0.4 is 5.32 Å². The van der Waals surface area contributed by atoms with Crippen LogP contribution in [0.3, 0.4) is 0 Å². The van der Waals surface area contributed by atoms with Crippen LogP contribution in [0.15, 0.2) is 4.99 Å². The maximum atomic E-state index is 5.65. The Morgan fingerprint density at radius 3 is 3.16 bits per heavy atom. The number of hydrogen-bond donors (Lipinski definition) is 1. The third-order valence-electron chi connectivity index (χ3n) is 4.68. The van der Waals surface area contributed by atoms with E-state index in [0.29, 0.717) is 11.6 Å². The van der Waals surface area contributed by atoms with E-state index in [1.54, 1.807) is 0 Å². The largest absolute Gasteiger partial charge is 0.378 e. The molecule has 3 unspecified atom stereocenters. The molecule has 4 heteroatoms. The van der Waals surface area contributed by atoms with E-state index in [1.807, 2.05) is 11.8 Å². The van der Waals surface area contributed by atoms with Gasteiger partial charge < -0.3 is 10.1 Å². The monoisotopic (exact) mass is 282 g/mol. The third-order valence-corrected chi connectivity index (χ3v) is 5.88. The molecule has 0 aromatic heterocycles. The number of aliphatic imine (C=N–C) groups is 1. The average Bonchev–Trinajstić information content (AvgIpc) is 3.00. The van der Waals surface area contributed by atoms with Gasteiger partial charge in [-0.1, -0.05) is 31.5 Å². The molecule has 2 aliphatic heterocycles. The van der Waals surface area contributed by atoms with E-state index in [-0.39, 0.29) is 0 Å². The fourth-order valence-corrected chi connectivity index (χ4v) is 4.90. The predicted molar refractivity (Wildman–Crippen MR) is 81.8 cm³/mol. The number of nitrogens with zero attached hydrogens (tertiary/aromatic N) is 1. The van der Waals surface area contributed by atoms with Gasteiger partial charge in [0, 0.05) is 24.4 Å². The molecule has 108 valence electrons. The van der Waals surface area contributed by atoms with Crippen LogP contribution in [0.1, 0.15) is 51.9 Å². The summed E-state index contributed by atoms with van der Waals surface area (Å²) in [5.74, 6) is 2.09. The molecule has 1 aliphatic carbocycles. The van der Waals surface area contributed by atoms with Crippen molar-refractivity contribution in [3.8, 4) is 0 Å². The highest BCUT2D eigenvalue weighted by molar-refractivity contribution is 8.14. The lowest BCUT2D eigenvalue weighted by Crippen LogP contribution is -2.47. The Morgan fingerprint density at radius 2 is 2.37 bits per heavy atom. The fourth-order valence-electron chi connectivity index (χ4n) is 3.68. The van der Waals surface area contributed by atoms with Crippen molar-refractivity contribution in [2.45, 2.75) is 63.5 Å². The Labute approximate surface area is 121 Å². The topological polar surface area (TPSA) is 33.6 Å². The molecule has 3 atom stereocenters. The van der Waals surface area contributed by atoms with Crippen molar-refractivity contribution in [2.24, 2.45) is 10.9 Å². The van der Waals surface area contributed by atoms with Gasteiger partial charge in [0.05, 0.1) is 6.10 Å². The Bertz CT molecular complexity index is 341. The van der Waals surface area contributed by atoms with Crippen LogP contribution in [-0.2, 0) is 4.74 Å². The van der Waals surface area contributed by atoms with Crippen molar-refractivity contribution in [1.29, 1.82) is 0 Å². The number of hydrogen-bond acceptors (Lipinski definition) is 3. The first-order valence-corrected chi connectivity index (χ1v) is 8.81. The maximum absolute atomic E-state index is 5.65. The van der Waals surface area contributed by atoms with Gasteiger partial charge in [0.1, 0.15) is 0 Å². The number of ether oxygens (including phenoxy) is 1. The second kappa shape index (κ2) is 6.04. The molecule has 3 nitrogen and oxygen atoms in total. The molecule has 19 heavy (non-hydrogen) atoms. The van der Waals surface area contributed by atoms with Gasteiger partial charge in [-0.3, -0.25) is 4.99 Å². The van der Waals surface area contributed by atoms with Crippen LogP contribution in [0.5, 0.6) is 0 Å². The molecule has 3 aliphatic rings. The van der Waals surface area contributed by atoms with Gasteiger partial charge in [-0.15, -0.1) is 0 Å². The minimum absolute atomic E-state index is 0.366. The molecule has 0 bridgehead atoms. The van der Waals surface area contributed by atoms with E-state index >= 15 is 0 Å². The molecule has 2 saturated heterocycles. The van der Waals surface area contributed by atoms with Crippen LogP contribution in [0.25, 0.3) is 0 Å². The molecule has 3 fully saturated rings. The van der Waals surface area contributed by atoms with E-state index in [1.165, 1.54) is 49.4 Å². The summed E-state index contributed by atoms with van der Waals surface area (Å²) in [7, 11) is 0. The average molecular weight is 282 g/mol. The summed E-state index contributed by atoms with van der Waals surface area (Å²) in [6, 6.07) is 0. The first-order valence-electron chi connectivity index (χ1n) is 7.83. The van der Waals surface area contributed by atoms with Crippen molar-refractivity contribution in [2.75, 3.05) is 18.9 Å². The van der Waals surface area contributed by atoms with E-state index in [0.717, 1.165) is 25.5 Å². The molecule has 2 heterocycles. The first kappa shape index (κ1) is 13.7. The predicted octanol–water partition coefficient (Wildman–Crippen LogP) is 3.20. The molecule has 0 radical (unpaired) electrons. The van der Waals surface area contributed by atoms with Crippen LogP contribution >= 0.6 is 11.8 Å². The Morgan fingerprint density at radius 1 is 1.42 bits per heavy atom. The van der Waals surface area contributed by atoms with Crippen LogP contribution in [0.2, 0.25) is 0 Å². The van der Waals surface area contributed by atoms with Crippen molar-refractivity contribution in [1.82, 2.24) is 5.32 Å². The van der Waals surface area contributed by atoms with Crippen molar-refractivity contribution >= 4 is 16.9 Å². The van der Waals surface area contributed by atoms with Gasteiger partial charge in [0.2, 0.25) is 0 Å². The summed E-state index contributed by atoms with van der Waals surface area (Å²) in [5, 5.41) is 4.92. The van der Waals surface area contributed by atoms with Crippen molar-refractivity contribution in [3.63, 3.8) is 0 Å². The normalized spacial score (nSPS) is 41.0. The molecular weight excluding hydrogens is 256 g/mol. The van der Waals surface area contributed by atoms with Crippen LogP contribution in [0.4, 0.5) is 0 Å². The molecule has 3 rings (SSSR count). The summed E-state index contributed by atoms with van der Waals surface area (Å²) in [4.78, 5) is 4.75. The van der Waals surface area contributed by atoms with E-state index in [2.05, 4.69) is 12.2 Å². The van der Waals surface area contributed by atoms with E-state index in [4.69, 9.17) is 9.73 Å². The molecule has 1 N–H and O–H groups in total.